The van der Waals surface area contributed by atoms with Crippen LogP contribution >= 0.6 is 23.2 Å². The van der Waals surface area contributed by atoms with Crippen LogP contribution in [0.25, 0.3) is 0 Å². The maximum absolute atomic E-state index is 12.6. The monoisotopic (exact) mass is 394 g/mol. The second-order valence-corrected chi connectivity index (χ2v) is 9.02. The number of nitrogens with one attached hydrogen (secondary N) is 2. The Morgan fingerprint density at radius 3 is 2.38 bits per heavy atom. The van der Waals surface area contributed by atoms with E-state index in [1.807, 2.05) is 0 Å². The van der Waals surface area contributed by atoms with Crippen LogP contribution in [0.1, 0.15) is 24.5 Å². The maximum atomic E-state index is 12.6. The Bertz CT molecular complexity index is 698. The molecule has 0 radical (unpaired) electrons. The Labute approximate surface area is 151 Å². The second kappa shape index (κ2) is 7.58. The van der Waals surface area contributed by atoms with Gasteiger partial charge >= 0.3 is 0 Å². The van der Waals surface area contributed by atoms with Gasteiger partial charge in [0.1, 0.15) is 0 Å². The summed E-state index contributed by atoms with van der Waals surface area (Å²) in [6.07, 6.45) is 0.328. The predicted octanol–water partition coefficient (Wildman–Crippen LogP) is 1.31. The molecule has 1 fully saturated rings. The number of hydrogen-bond acceptors (Lipinski definition) is 5. The lowest BCUT2D eigenvalue weighted by atomic mass is 9.95. The van der Waals surface area contributed by atoms with Gasteiger partial charge < -0.3 is 15.7 Å². The Morgan fingerprint density at radius 2 is 1.88 bits per heavy atom. The molecule has 1 aromatic carbocycles. The number of benzene rings is 1. The lowest BCUT2D eigenvalue weighted by Gasteiger charge is -2.34. The topological polar surface area (TPSA) is 95.5 Å². The summed E-state index contributed by atoms with van der Waals surface area (Å²) >= 11 is 12.1. The average Bonchev–Trinajstić information content (AvgIpc) is 2.52. The number of halogens is 2. The molecule has 2 rings (SSSR count). The molecule has 0 bridgehead atoms. The first-order valence-corrected chi connectivity index (χ1v) is 10.1. The number of hydrogen-bond donors (Lipinski definition) is 3. The summed E-state index contributed by atoms with van der Waals surface area (Å²) in [7, 11) is -3.60. The first-order chi connectivity index (χ1) is 11.2. The number of sulfone groups is 1. The van der Waals surface area contributed by atoms with Gasteiger partial charge in [0.05, 0.1) is 6.10 Å². The van der Waals surface area contributed by atoms with Gasteiger partial charge in [-0.2, -0.15) is 0 Å². The molecule has 1 aliphatic rings. The molecular formula is C15H20Cl2N2O4S. The minimum absolute atomic E-state index is 0.174. The number of piperidine rings is 1. The molecule has 134 valence electrons. The highest BCUT2D eigenvalue weighted by atomic mass is 35.5. The van der Waals surface area contributed by atoms with Gasteiger partial charge in [-0.05, 0) is 38.1 Å². The highest BCUT2D eigenvalue weighted by Crippen LogP contribution is 2.31. The number of aliphatic hydroxyl groups is 1. The van der Waals surface area contributed by atoms with Gasteiger partial charge in [-0.25, -0.2) is 8.42 Å². The van der Waals surface area contributed by atoms with Crippen molar-refractivity contribution in [1.29, 1.82) is 0 Å². The summed E-state index contributed by atoms with van der Waals surface area (Å²) in [5, 5.41) is 16.4. The van der Waals surface area contributed by atoms with Crippen molar-refractivity contribution in [1.82, 2.24) is 10.6 Å². The van der Waals surface area contributed by atoms with Gasteiger partial charge in [-0.3, -0.25) is 4.79 Å². The van der Waals surface area contributed by atoms with Crippen LogP contribution in [0.5, 0.6) is 0 Å². The van der Waals surface area contributed by atoms with E-state index in [2.05, 4.69) is 10.6 Å². The van der Waals surface area contributed by atoms with Crippen LogP contribution in [-0.4, -0.2) is 50.1 Å². The summed E-state index contributed by atoms with van der Waals surface area (Å²) in [5.74, 6) is -0.603. The summed E-state index contributed by atoms with van der Waals surface area (Å²) in [4.78, 5) is 12.6. The van der Waals surface area contributed by atoms with Crippen molar-refractivity contribution in [3.8, 4) is 0 Å². The summed E-state index contributed by atoms with van der Waals surface area (Å²) in [5.41, 5.74) is 0.305. The third kappa shape index (κ3) is 3.86. The minimum atomic E-state index is -3.60. The number of carbonyl (C=O) groups excluding carboxylic acids is 1. The van der Waals surface area contributed by atoms with Crippen molar-refractivity contribution in [2.75, 3.05) is 25.9 Å². The van der Waals surface area contributed by atoms with Crippen LogP contribution < -0.4 is 10.6 Å². The molecule has 0 aromatic heterocycles. The fraction of sp³-hybridized carbons (Fsp3) is 0.533. The van der Waals surface area contributed by atoms with E-state index < -0.39 is 26.6 Å². The zero-order chi connectivity index (χ0) is 18.0. The van der Waals surface area contributed by atoms with E-state index >= 15 is 0 Å². The lowest BCUT2D eigenvalue weighted by molar-refractivity contribution is -0.124. The molecule has 1 aliphatic heterocycles. The van der Waals surface area contributed by atoms with Crippen molar-refractivity contribution >= 4 is 38.9 Å². The third-order valence-corrected chi connectivity index (χ3v) is 7.00. The van der Waals surface area contributed by atoms with E-state index in [0.29, 0.717) is 18.7 Å². The number of amides is 1. The summed E-state index contributed by atoms with van der Waals surface area (Å²) < 4.78 is 22.9. The molecule has 1 saturated heterocycles. The largest absolute Gasteiger partial charge is 0.386 e. The molecule has 0 spiro atoms. The zero-order valence-corrected chi connectivity index (χ0v) is 15.5. The molecule has 0 saturated carbocycles. The van der Waals surface area contributed by atoms with Gasteiger partial charge in [-0.15, -0.1) is 0 Å². The predicted molar refractivity (Wildman–Crippen MR) is 94.1 cm³/mol. The summed E-state index contributed by atoms with van der Waals surface area (Å²) in [6.45, 7) is 0.714. The van der Waals surface area contributed by atoms with Gasteiger partial charge in [-0.1, -0.05) is 29.3 Å². The second-order valence-electron chi connectivity index (χ2n) is 5.88. The standard InChI is InChI=1S/C15H20Cl2N2O4S/c1-24(22,23)15(5-7-18-8-6-15)14(21)19-9-12(20)13-10(16)3-2-4-11(13)17/h2-4,12,18,20H,5-9H2,1H3,(H,19,21). The van der Waals surface area contributed by atoms with Crippen molar-refractivity contribution in [3.05, 3.63) is 33.8 Å². The molecule has 1 amide bonds. The molecule has 6 nitrogen and oxygen atoms in total. The normalized spacial score (nSPS) is 18.8. The van der Waals surface area contributed by atoms with Crippen LogP contribution in [0, 0.1) is 0 Å². The van der Waals surface area contributed by atoms with Crippen LogP contribution in [0.3, 0.4) is 0 Å². The van der Waals surface area contributed by atoms with E-state index in [1.54, 1.807) is 18.2 Å². The molecule has 9 heteroatoms. The van der Waals surface area contributed by atoms with Crippen molar-refractivity contribution in [2.24, 2.45) is 0 Å². The van der Waals surface area contributed by atoms with Gasteiger partial charge in [0, 0.05) is 28.4 Å². The molecular weight excluding hydrogens is 375 g/mol. The van der Waals surface area contributed by atoms with Crippen LogP contribution in [0.4, 0.5) is 0 Å². The maximum Gasteiger partial charge on any atom is 0.241 e. The Hall–Kier alpha value is -0.860. The third-order valence-electron chi connectivity index (χ3n) is 4.32. The molecule has 1 atom stereocenters. The highest BCUT2D eigenvalue weighted by molar-refractivity contribution is 7.92. The Balaban J connectivity index is 2.14. The fourth-order valence-electron chi connectivity index (χ4n) is 2.88. The van der Waals surface area contributed by atoms with Crippen molar-refractivity contribution < 1.29 is 18.3 Å². The SMILES string of the molecule is CS(=O)(=O)C1(C(=O)NCC(O)c2c(Cl)cccc2Cl)CCNCC1. The number of rotatable bonds is 5. The van der Waals surface area contributed by atoms with Crippen molar-refractivity contribution in [3.63, 3.8) is 0 Å². The van der Waals surface area contributed by atoms with E-state index in [0.717, 1.165) is 6.26 Å². The van der Waals surface area contributed by atoms with Gasteiger partial charge in [0.2, 0.25) is 5.91 Å². The Kier molecular flexibility index (Phi) is 6.14. The molecule has 24 heavy (non-hydrogen) atoms. The highest BCUT2D eigenvalue weighted by Gasteiger charge is 2.48. The summed E-state index contributed by atoms with van der Waals surface area (Å²) in [6, 6.07) is 4.81. The first-order valence-electron chi connectivity index (χ1n) is 7.49. The molecule has 1 unspecified atom stereocenters. The Morgan fingerprint density at radius 1 is 1.33 bits per heavy atom. The van der Waals surface area contributed by atoms with Crippen LogP contribution in [0.2, 0.25) is 10.0 Å². The first kappa shape index (κ1) is 19.5. The molecule has 3 N–H and O–H groups in total. The smallest absolute Gasteiger partial charge is 0.241 e. The van der Waals surface area contributed by atoms with Crippen LogP contribution in [-0.2, 0) is 14.6 Å². The van der Waals surface area contributed by atoms with Gasteiger partial charge in [0.25, 0.3) is 0 Å². The fourth-order valence-corrected chi connectivity index (χ4v) is 4.88. The minimum Gasteiger partial charge on any atom is -0.386 e. The van der Waals surface area contributed by atoms with E-state index in [1.165, 1.54) is 0 Å². The van der Waals surface area contributed by atoms with E-state index in [9.17, 15) is 18.3 Å². The quantitative estimate of drug-likeness (QED) is 0.699. The van der Waals surface area contributed by atoms with Crippen molar-refractivity contribution in [2.45, 2.75) is 23.7 Å². The van der Waals surface area contributed by atoms with Crippen LogP contribution in [0.15, 0.2) is 18.2 Å². The molecule has 0 aliphatic carbocycles. The average molecular weight is 395 g/mol. The van der Waals surface area contributed by atoms with E-state index in [4.69, 9.17) is 23.2 Å². The number of aliphatic hydroxyl groups excluding tert-OH is 1. The molecule has 1 heterocycles. The lowest BCUT2D eigenvalue weighted by Crippen LogP contribution is -2.57. The number of carbonyl (C=O) groups is 1. The zero-order valence-electron chi connectivity index (χ0n) is 13.2. The van der Waals surface area contributed by atoms with Gasteiger partial charge in [0.15, 0.2) is 14.6 Å². The van der Waals surface area contributed by atoms with E-state index in [-0.39, 0.29) is 29.4 Å². The molecule has 1 aromatic rings.